The molecule has 0 aromatic carbocycles. The summed E-state index contributed by atoms with van der Waals surface area (Å²) in [5.74, 6) is 1.97. The third-order valence-corrected chi connectivity index (χ3v) is 2.27. The number of amides is 1. The molecule has 0 saturated heterocycles. The van der Waals surface area contributed by atoms with Gasteiger partial charge in [0.15, 0.2) is 0 Å². The molecule has 1 atom stereocenters. The van der Waals surface area contributed by atoms with E-state index in [4.69, 9.17) is 12.2 Å². The molecule has 90 valence electrons. The van der Waals surface area contributed by atoms with E-state index in [1.54, 1.807) is 6.20 Å². The van der Waals surface area contributed by atoms with E-state index in [9.17, 15) is 9.59 Å². The Morgan fingerprint density at radius 3 is 2.94 bits per heavy atom. The van der Waals surface area contributed by atoms with Gasteiger partial charge in [0.05, 0.1) is 11.7 Å². The third kappa shape index (κ3) is 3.47. The van der Waals surface area contributed by atoms with E-state index in [1.807, 2.05) is 6.92 Å². The first-order valence-electron chi connectivity index (χ1n) is 5.29. The summed E-state index contributed by atoms with van der Waals surface area (Å²) >= 11 is 0. The van der Waals surface area contributed by atoms with Gasteiger partial charge in [0, 0.05) is 25.2 Å². The van der Waals surface area contributed by atoms with Crippen LogP contribution in [0.3, 0.4) is 0 Å². The summed E-state index contributed by atoms with van der Waals surface area (Å²) in [6.45, 7) is 2.38. The van der Waals surface area contributed by atoms with Gasteiger partial charge in [-0.25, -0.2) is 0 Å². The van der Waals surface area contributed by atoms with E-state index in [0.29, 0.717) is 12.2 Å². The number of hydrogen-bond donors (Lipinski definition) is 2. The molecule has 1 amide bonds. The highest BCUT2D eigenvalue weighted by atomic mass is 16.2. The smallest absolute Gasteiger partial charge is 0.250 e. The highest BCUT2D eigenvalue weighted by molar-refractivity contribution is 5.94. The topological polar surface area (TPSA) is 77.1 Å². The average molecular weight is 233 g/mol. The van der Waals surface area contributed by atoms with Gasteiger partial charge in [-0.3, -0.25) is 9.59 Å². The first-order valence-corrected chi connectivity index (χ1v) is 5.29. The highest BCUT2D eigenvalue weighted by Gasteiger charge is 2.12. The first-order chi connectivity index (χ1) is 8.08. The van der Waals surface area contributed by atoms with Crippen LogP contribution in [0.15, 0.2) is 23.1 Å². The minimum Gasteiger partial charge on any atom is -0.323 e. The Morgan fingerprint density at radius 2 is 2.35 bits per heavy atom. The predicted molar refractivity (Wildman–Crippen MR) is 66.4 cm³/mol. The number of anilines is 1. The van der Waals surface area contributed by atoms with Crippen molar-refractivity contribution in [3.8, 4) is 12.3 Å². The fraction of sp³-hybridized carbons (Fsp3) is 0.333. The molecule has 1 aromatic heterocycles. The van der Waals surface area contributed by atoms with Crippen LogP contribution in [0, 0.1) is 12.3 Å². The molecule has 0 fully saturated rings. The van der Waals surface area contributed by atoms with Crippen molar-refractivity contribution in [2.75, 3.05) is 5.32 Å². The zero-order valence-electron chi connectivity index (χ0n) is 9.64. The standard InChI is InChI=1S/C12H15N3O2/c1-3-5-10(13)12(17)14-9-6-7-11(16)15(4-2)8-9/h1,6-8,10H,4-5,13H2,2H3,(H,14,17). The van der Waals surface area contributed by atoms with E-state index in [1.165, 1.54) is 16.7 Å². The lowest BCUT2D eigenvalue weighted by molar-refractivity contribution is -0.117. The molecule has 17 heavy (non-hydrogen) atoms. The van der Waals surface area contributed by atoms with Crippen LogP contribution in [0.5, 0.6) is 0 Å². The number of carbonyl (C=O) groups excluding carboxylic acids is 1. The second kappa shape index (κ2) is 5.87. The van der Waals surface area contributed by atoms with E-state index >= 15 is 0 Å². The van der Waals surface area contributed by atoms with Crippen LogP contribution in [0.25, 0.3) is 0 Å². The van der Waals surface area contributed by atoms with Crippen molar-refractivity contribution < 1.29 is 4.79 Å². The number of aryl methyl sites for hydroxylation is 1. The Morgan fingerprint density at radius 1 is 1.65 bits per heavy atom. The van der Waals surface area contributed by atoms with Crippen molar-refractivity contribution >= 4 is 11.6 Å². The van der Waals surface area contributed by atoms with E-state index < -0.39 is 6.04 Å². The normalized spacial score (nSPS) is 11.6. The quantitative estimate of drug-likeness (QED) is 0.727. The number of rotatable bonds is 4. The number of terminal acetylenes is 1. The first kappa shape index (κ1) is 13.0. The molecule has 0 aliphatic rings. The SMILES string of the molecule is C#CCC(N)C(=O)Nc1ccc(=O)n(CC)c1. The molecule has 0 radical (unpaired) electrons. The van der Waals surface area contributed by atoms with Crippen molar-refractivity contribution in [1.82, 2.24) is 4.57 Å². The summed E-state index contributed by atoms with van der Waals surface area (Å²) in [4.78, 5) is 22.9. The van der Waals surface area contributed by atoms with E-state index in [0.717, 1.165) is 0 Å². The van der Waals surface area contributed by atoms with Gasteiger partial charge in [-0.15, -0.1) is 12.3 Å². The molecule has 0 bridgehead atoms. The summed E-state index contributed by atoms with van der Waals surface area (Å²) in [7, 11) is 0. The van der Waals surface area contributed by atoms with Crippen LogP contribution in [-0.4, -0.2) is 16.5 Å². The van der Waals surface area contributed by atoms with Gasteiger partial charge in [-0.05, 0) is 13.0 Å². The van der Waals surface area contributed by atoms with Crippen molar-refractivity contribution in [3.05, 3.63) is 28.7 Å². The van der Waals surface area contributed by atoms with Crippen LogP contribution in [0.1, 0.15) is 13.3 Å². The number of nitrogens with two attached hydrogens (primary N) is 1. The number of nitrogens with zero attached hydrogens (tertiary/aromatic N) is 1. The van der Waals surface area contributed by atoms with Crippen LogP contribution < -0.4 is 16.6 Å². The Balaban J connectivity index is 2.79. The number of pyridine rings is 1. The Hall–Kier alpha value is -2.06. The molecular weight excluding hydrogens is 218 g/mol. The fourth-order valence-corrected chi connectivity index (χ4v) is 1.31. The summed E-state index contributed by atoms with van der Waals surface area (Å²) in [5.41, 5.74) is 5.97. The van der Waals surface area contributed by atoms with Crippen LogP contribution >= 0.6 is 0 Å². The number of carbonyl (C=O) groups is 1. The second-order valence-electron chi connectivity index (χ2n) is 3.55. The molecule has 0 saturated carbocycles. The van der Waals surface area contributed by atoms with Crippen molar-refractivity contribution in [2.45, 2.75) is 25.9 Å². The molecular formula is C12H15N3O2. The Kier molecular flexibility index (Phi) is 4.49. The minimum absolute atomic E-state index is 0.113. The minimum atomic E-state index is -0.734. The maximum atomic E-state index is 11.6. The molecule has 5 heteroatoms. The van der Waals surface area contributed by atoms with Gasteiger partial charge < -0.3 is 15.6 Å². The maximum Gasteiger partial charge on any atom is 0.250 e. The van der Waals surface area contributed by atoms with Gasteiger partial charge in [-0.2, -0.15) is 0 Å². The van der Waals surface area contributed by atoms with Crippen LogP contribution in [-0.2, 0) is 11.3 Å². The van der Waals surface area contributed by atoms with Gasteiger partial charge in [-0.1, -0.05) is 0 Å². The number of aromatic nitrogens is 1. The number of hydrogen-bond acceptors (Lipinski definition) is 3. The van der Waals surface area contributed by atoms with E-state index in [2.05, 4.69) is 11.2 Å². The fourth-order valence-electron chi connectivity index (χ4n) is 1.31. The molecule has 1 aromatic rings. The van der Waals surface area contributed by atoms with Crippen molar-refractivity contribution in [1.29, 1.82) is 0 Å². The summed E-state index contributed by atoms with van der Waals surface area (Å²) in [5, 5.41) is 2.61. The third-order valence-electron chi connectivity index (χ3n) is 2.27. The van der Waals surface area contributed by atoms with Crippen molar-refractivity contribution in [2.24, 2.45) is 5.73 Å². The summed E-state index contributed by atoms with van der Waals surface area (Å²) < 4.78 is 1.49. The molecule has 0 aliphatic heterocycles. The molecule has 0 aliphatic carbocycles. The van der Waals surface area contributed by atoms with Crippen molar-refractivity contribution in [3.63, 3.8) is 0 Å². The average Bonchev–Trinajstić information content (AvgIpc) is 2.31. The van der Waals surface area contributed by atoms with Gasteiger partial charge in [0.25, 0.3) is 5.56 Å². The zero-order valence-corrected chi connectivity index (χ0v) is 9.64. The molecule has 3 N–H and O–H groups in total. The largest absolute Gasteiger partial charge is 0.323 e. The molecule has 5 nitrogen and oxygen atoms in total. The van der Waals surface area contributed by atoms with Crippen LogP contribution in [0.4, 0.5) is 5.69 Å². The zero-order chi connectivity index (χ0) is 12.8. The van der Waals surface area contributed by atoms with Crippen LogP contribution in [0.2, 0.25) is 0 Å². The molecule has 1 rings (SSSR count). The monoisotopic (exact) mass is 233 g/mol. The Labute approximate surface area is 99.6 Å². The molecule has 1 unspecified atom stereocenters. The van der Waals surface area contributed by atoms with E-state index in [-0.39, 0.29) is 17.9 Å². The van der Waals surface area contributed by atoms with Gasteiger partial charge in [0.1, 0.15) is 0 Å². The highest BCUT2D eigenvalue weighted by Crippen LogP contribution is 2.04. The lowest BCUT2D eigenvalue weighted by atomic mass is 10.2. The summed E-state index contributed by atoms with van der Waals surface area (Å²) in [6.07, 6.45) is 6.82. The lowest BCUT2D eigenvalue weighted by Gasteiger charge is -2.10. The molecule has 0 spiro atoms. The predicted octanol–water partition coefficient (Wildman–Crippen LogP) is 0.157. The van der Waals surface area contributed by atoms with Gasteiger partial charge in [0.2, 0.25) is 5.91 Å². The number of nitrogens with one attached hydrogen (secondary N) is 1. The Bertz CT molecular complexity index is 499. The summed E-state index contributed by atoms with van der Waals surface area (Å²) in [6, 6.07) is 2.20. The lowest BCUT2D eigenvalue weighted by Crippen LogP contribution is -2.35. The van der Waals surface area contributed by atoms with Gasteiger partial charge >= 0.3 is 0 Å². The molecule has 1 heterocycles. The second-order valence-corrected chi connectivity index (χ2v) is 3.55. The maximum absolute atomic E-state index is 11.6.